The van der Waals surface area contributed by atoms with Gasteiger partial charge >= 0.3 is 0 Å². The topological polar surface area (TPSA) is 90.2 Å². The number of pyridine rings is 1. The summed E-state index contributed by atoms with van der Waals surface area (Å²) in [5.74, 6) is 6.30. The molecule has 0 aliphatic heterocycles. The maximum Gasteiger partial charge on any atom is 0.182 e. The second-order valence-electron chi connectivity index (χ2n) is 18.2. The first-order valence-corrected chi connectivity index (χ1v) is 22.7. The van der Waals surface area contributed by atoms with Crippen LogP contribution in [0.1, 0.15) is 43.2 Å². The second kappa shape index (κ2) is 14.8. The summed E-state index contributed by atoms with van der Waals surface area (Å²) in [5, 5.41) is 0. The highest BCUT2D eigenvalue weighted by Gasteiger charge is 2.61. The quantitative estimate of drug-likeness (QED) is 0.158. The monoisotopic (exact) mass is 825 g/mol. The van der Waals surface area contributed by atoms with Crippen LogP contribution in [0, 0.1) is 23.7 Å². The van der Waals surface area contributed by atoms with Crippen LogP contribution in [0.5, 0.6) is 0 Å². The van der Waals surface area contributed by atoms with Crippen LogP contribution in [0.15, 0.2) is 176 Å². The molecule has 6 aromatic carbocycles. The Morgan fingerprint density at radius 2 is 0.688 bits per heavy atom. The molecule has 5 aliphatic rings. The summed E-state index contributed by atoms with van der Waals surface area (Å²) in [7, 11) is 0. The van der Waals surface area contributed by atoms with Crippen molar-refractivity contribution in [2.24, 2.45) is 23.7 Å². The molecule has 4 fully saturated rings. The Hall–Kier alpha value is -7.51. The zero-order valence-corrected chi connectivity index (χ0v) is 35.2. The lowest BCUT2D eigenvalue weighted by Gasteiger charge is -2.61. The minimum atomic E-state index is 0.0286. The third-order valence-electron chi connectivity index (χ3n) is 14.6. The first-order valence-electron chi connectivity index (χ1n) is 22.7. The minimum Gasteiger partial charge on any atom is -0.241 e. The molecule has 7 nitrogen and oxygen atoms in total. The normalized spacial score (nSPS) is 21.2. The summed E-state index contributed by atoms with van der Waals surface area (Å²) >= 11 is 0. The fourth-order valence-electron chi connectivity index (χ4n) is 12.1. The summed E-state index contributed by atoms with van der Waals surface area (Å²) in [5.41, 5.74) is 12.8. The molecule has 4 saturated carbocycles. The van der Waals surface area contributed by atoms with Gasteiger partial charge in [0.25, 0.3) is 0 Å². The lowest BCUT2D eigenvalue weighted by Crippen LogP contribution is -2.55. The first kappa shape index (κ1) is 37.1. The molecule has 0 unspecified atom stereocenters. The van der Waals surface area contributed by atoms with Crippen LogP contribution in [0.25, 0.3) is 90.8 Å². The van der Waals surface area contributed by atoms with Crippen molar-refractivity contribution in [2.75, 3.05) is 0 Å². The van der Waals surface area contributed by atoms with Gasteiger partial charge in [0.1, 0.15) is 11.4 Å². The van der Waals surface area contributed by atoms with Gasteiger partial charge in [0, 0.05) is 27.7 Å². The van der Waals surface area contributed by atoms with Crippen molar-refractivity contribution in [3.05, 3.63) is 187 Å². The molecule has 0 saturated heterocycles. The van der Waals surface area contributed by atoms with Crippen molar-refractivity contribution < 1.29 is 0 Å². The number of fused-ring (bicyclic) bond motifs is 3. The van der Waals surface area contributed by atoms with Crippen LogP contribution in [0.2, 0.25) is 0 Å². The Kier molecular flexibility index (Phi) is 8.58. The maximum absolute atomic E-state index is 5.38. The summed E-state index contributed by atoms with van der Waals surface area (Å²) in [4.78, 5) is 36.1. The average molecular weight is 826 g/mol. The van der Waals surface area contributed by atoms with Gasteiger partial charge in [-0.3, -0.25) is 0 Å². The molecule has 0 radical (unpaired) electrons. The van der Waals surface area contributed by atoms with Crippen LogP contribution in [-0.4, -0.2) is 34.9 Å². The molecule has 3 aromatic heterocycles. The van der Waals surface area contributed by atoms with E-state index in [9.17, 15) is 0 Å². The summed E-state index contributed by atoms with van der Waals surface area (Å²) < 4.78 is 0. The molecule has 0 N–H and O–H groups in total. The molecular formula is C57H43N7. The molecule has 0 atom stereocenters. The van der Waals surface area contributed by atoms with Crippen molar-refractivity contribution in [2.45, 2.75) is 37.5 Å². The Labute approximate surface area is 372 Å². The zero-order valence-electron chi connectivity index (χ0n) is 35.2. The van der Waals surface area contributed by atoms with Gasteiger partial charge in [-0.25, -0.2) is 34.9 Å². The van der Waals surface area contributed by atoms with E-state index in [1.807, 2.05) is 121 Å². The lowest BCUT2D eigenvalue weighted by molar-refractivity contribution is -0.0399. The molecular weight excluding hydrogens is 783 g/mol. The highest BCUT2D eigenvalue weighted by atomic mass is 15.1. The molecule has 64 heavy (non-hydrogen) atoms. The fraction of sp³-hybridized carbons (Fsp3) is 0.175. The van der Waals surface area contributed by atoms with Crippen LogP contribution >= 0.6 is 0 Å². The summed E-state index contributed by atoms with van der Waals surface area (Å²) in [6.45, 7) is 0. The van der Waals surface area contributed by atoms with Crippen molar-refractivity contribution >= 4 is 0 Å². The first-order chi connectivity index (χ1) is 31.6. The van der Waals surface area contributed by atoms with Gasteiger partial charge in [-0.15, -0.1) is 0 Å². The molecule has 3 heterocycles. The van der Waals surface area contributed by atoms with Crippen LogP contribution in [0.4, 0.5) is 0 Å². The van der Waals surface area contributed by atoms with Gasteiger partial charge in [0.2, 0.25) is 0 Å². The zero-order chi connectivity index (χ0) is 42.2. The maximum atomic E-state index is 5.38. The SMILES string of the molecule is c1ccc(-c2nc(-c3ccccc3)nc(-c3cc(-c4ccc5c(c4)C4(c6ccccc6-5)C5CC6CC(C5)CC4C6)cc(-c4nc(-c5ccccc5)nc(-c5ccccc5)n4)n3)n2)cc1. The van der Waals surface area contributed by atoms with E-state index in [0.29, 0.717) is 58.2 Å². The van der Waals surface area contributed by atoms with E-state index in [2.05, 4.69) is 54.6 Å². The van der Waals surface area contributed by atoms with Crippen LogP contribution in [0.3, 0.4) is 0 Å². The van der Waals surface area contributed by atoms with E-state index >= 15 is 0 Å². The van der Waals surface area contributed by atoms with Crippen molar-refractivity contribution in [3.63, 3.8) is 0 Å². The molecule has 306 valence electrons. The number of hydrogen-bond donors (Lipinski definition) is 0. The summed E-state index contributed by atoms with van der Waals surface area (Å²) in [6, 6.07) is 61.2. The van der Waals surface area contributed by atoms with Crippen molar-refractivity contribution in [3.8, 4) is 90.8 Å². The van der Waals surface area contributed by atoms with E-state index in [1.54, 1.807) is 5.56 Å². The van der Waals surface area contributed by atoms with Crippen molar-refractivity contribution in [1.82, 2.24) is 34.9 Å². The number of nitrogens with zero attached hydrogens (tertiary/aromatic N) is 7. The van der Waals surface area contributed by atoms with Gasteiger partial charge < -0.3 is 0 Å². The van der Waals surface area contributed by atoms with Crippen LogP contribution < -0.4 is 0 Å². The highest BCUT2D eigenvalue weighted by Crippen LogP contribution is 2.69. The Morgan fingerprint density at radius 3 is 1.14 bits per heavy atom. The summed E-state index contributed by atoms with van der Waals surface area (Å²) in [6.07, 6.45) is 6.73. The molecule has 0 amide bonds. The molecule has 7 heteroatoms. The standard InChI is InChI=1S/C57H43N7/c1-5-15-37(16-6-1)51-59-52(38-17-7-2-8-18-38)62-55(61-51)49-33-42(34-50(58-49)56-63-53(39-19-9-3-10-20-39)60-54(64-56)40-21-11-4-12-22-40)41-25-26-46-45-23-13-14-24-47(45)57(48(46)32-41)43-28-35-27-36(30-43)31-44(57)29-35/h1-26,32-36,43-44H,27-31H2. The van der Waals surface area contributed by atoms with E-state index in [1.165, 1.54) is 48.8 Å². The molecule has 5 aliphatic carbocycles. The van der Waals surface area contributed by atoms with Crippen molar-refractivity contribution in [1.29, 1.82) is 0 Å². The van der Waals surface area contributed by atoms with Gasteiger partial charge in [0.05, 0.1) is 0 Å². The van der Waals surface area contributed by atoms with E-state index in [0.717, 1.165) is 45.2 Å². The fourth-order valence-corrected chi connectivity index (χ4v) is 12.1. The Bertz CT molecular complexity index is 2940. The van der Waals surface area contributed by atoms with Gasteiger partial charge in [-0.1, -0.05) is 158 Å². The number of aromatic nitrogens is 7. The number of hydrogen-bond acceptors (Lipinski definition) is 7. The van der Waals surface area contributed by atoms with E-state index < -0.39 is 0 Å². The van der Waals surface area contributed by atoms with E-state index in [4.69, 9.17) is 34.9 Å². The van der Waals surface area contributed by atoms with Gasteiger partial charge in [-0.05, 0) is 107 Å². The Balaban J connectivity index is 1.04. The van der Waals surface area contributed by atoms with Gasteiger partial charge in [-0.2, -0.15) is 0 Å². The number of rotatable bonds is 7. The minimum absolute atomic E-state index is 0.0286. The average Bonchev–Trinajstić information content (AvgIpc) is 3.66. The molecule has 4 bridgehead atoms. The molecule has 1 spiro atoms. The smallest absolute Gasteiger partial charge is 0.182 e. The third kappa shape index (κ3) is 6.05. The molecule has 14 rings (SSSR count). The molecule has 9 aromatic rings. The predicted octanol–water partition coefficient (Wildman–Crippen LogP) is 12.8. The van der Waals surface area contributed by atoms with E-state index in [-0.39, 0.29) is 5.41 Å². The lowest BCUT2D eigenvalue weighted by atomic mass is 9.43. The second-order valence-corrected chi connectivity index (χ2v) is 18.2. The highest BCUT2D eigenvalue weighted by molar-refractivity contribution is 5.86. The largest absolute Gasteiger partial charge is 0.241 e. The number of benzene rings is 6. The van der Waals surface area contributed by atoms with Crippen LogP contribution in [-0.2, 0) is 5.41 Å². The third-order valence-corrected chi connectivity index (χ3v) is 14.6. The predicted molar refractivity (Wildman–Crippen MR) is 252 cm³/mol. The van der Waals surface area contributed by atoms with Gasteiger partial charge in [0.15, 0.2) is 34.9 Å². The Morgan fingerprint density at radius 1 is 0.297 bits per heavy atom.